The Labute approximate surface area is 196 Å². The molecule has 0 fully saturated rings. The minimum absolute atomic E-state index is 0.759. The Morgan fingerprint density at radius 2 is 1.29 bits per heavy atom. The Kier molecular flexibility index (Phi) is 7.23. The molecular formula is C26H23ClO2S2. The second kappa shape index (κ2) is 10.3. The minimum atomic E-state index is 0.759. The summed E-state index contributed by atoms with van der Waals surface area (Å²) in [5, 5.41) is 0.759. The number of methoxy groups -OCH3 is 2. The van der Waals surface area contributed by atoms with Gasteiger partial charge in [0.1, 0.15) is 11.5 Å². The van der Waals surface area contributed by atoms with E-state index in [1.54, 1.807) is 26.0 Å². The van der Waals surface area contributed by atoms with E-state index in [9.17, 15) is 0 Å². The molecule has 158 valence electrons. The molecule has 0 bridgehead atoms. The highest BCUT2D eigenvalue weighted by molar-refractivity contribution is 8.01. The van der Waals surface area contributed by atoms with Crippen molar-refractivity contribution in [2.45, 2.75) is 21.9 Å². The average Bonchev–Trinajstić information content (AvgIpc) is 3.16. The molecule has 0 saturated carbocycles. The third-order valence-corrected chi connectivity index (χ3v) is 7.62. The fourth-order valence-electron chi connectivity index (χ4n) is 3.28. The van der Waals surface area contributed by atoms with Crippen LogP contribution in [0.5, 0.6) is 11.5 Å². The molecule has 0 saturated heterocycles. The zero-order chi connectivity index (χ0) is 21.6. The molecule has 31 heavy (non-hydrogen) atoms. The van der Waals surface area contributed by atoms with Crippen LogP contribution < -0.4 is 9.47 Å². The van der Waals surface area contributed by atoms with Crippen molar-refractivity contribution in [3.8, 4) is 11.5 Å². The van der Waals surface area contributed by atoms with Crippen LogP contribution >= 0.6 is 34.7 Å². The Morgan fingerprint density at radius 3 is 1.84 bits per heavy atom. The first-order valence-electron chi connectivity index (χ1n) is 9.94. The Bertz CT molecular complexity index is 1120. The van der Waals surface area contributed by atoms with Gasteiger partial charge in [0.15, 0.2) is 0 Å². The van der Waals surface area contributed by atoms with E-state index in [2.05, 4.69) is 42.5 Å². The van der Waals surface area contributed by atoms with Crippen molar-refractivity contribution in [3.63, 3.8) is 0 Å². The van der Waals surface area contributed by atoms with Crippen LogP contribution in [0, 0.1) is 0 Å². The molecule has 0 aliphatic carbocycles. The highest BCUT2D eigenvalue weighted by atomic mass is 35.5. The lowest BCUT2D eigenvalue weighted by atomic mass is 10.1. The number of halogens is 1. The number of hydrogen-bond acceptors (Lipinski definition) is 4. The quantitative estimate of drug-likeness (QED) is 0.264. The fourth-order valence-corrected chi connectivity index (χ4v) is 5.87. The van der Waals surface area contributed by atoms with Gasteiger partial charge < -0.3 is 9.47 Å². The van der Waals surface area contributed by atoms with Crippen LogP contribution in [-0.4, -0.2) is 14.2 Å². The van der Waals surface area contributed by atoms with Crippen molar-refractivity contribution in [1.82, 2.24) is 0 Å². The molecule has 0 radical (unpaired) electrons. The van der Waals surface area contributed by atoms with E-state index in [0.29, 0.717) is 0 Å². The molecule has 3 aromatic carbocycles. The molecule has 0 unspecified atom stereocenters. The first kappa shape index (κ1) is 21.8. The summed E-state index contributed by atoms with van der Waals surface area (Å²) in [7, 11) is 3.39. The van der Waals surface area contributed by atoms with Crippen molar-refractivity contribution in [3.05, 3.63) is 105 Å². The lowest BCUT2D eigenvalue weighted by molar-refractivity contribution is 0.414. The fraction of sp³-hybridized carbons (Fsp3) is 0.154. The van der Waals surface area contributed by atoms with Crippen LogP contribution in [0.4, 0.5) is 0 Å². The SMILES string of the molecule is COc1ccc(Cc2cc(Cc3ccc(OC)cc3)c(Sc3ccc(Cl)cc3)s2)cc1. The summed E-state index contributed by atoms with van der Waals surface area (Å²) >= 11 is 9.73. The molecule has 4 rings (SSSR count). The van der Waals surface area contributed by atoms with Gasteiger partial charge in [-0.2, -0.15) is 0 Å². The van der Waals surface area contributed by atoms with E-state index in [-0.39, 0.29) is 0 Å². The standard InChI is InChI=1S/C26H23ClO2S2/c1-28-22-9-3-18(4-10-22)15-20-17-25(16-19-5-11-23(29-2)12-6-19)31-26(20)30-24-13-7-21(27)8-14-24/h3-14,17H,15-16H2,1-2H3. The Balaban J connectivity index is 1.60. The minimum Gasteiger partial charge on any atom is -0.497 e. The molecule has 0 spiro atoms. The first-order valence-corrected chi connectivity index (χ1v) is 11.9. The third-order valence-electron chi connectivity index (χ3n) is 4.94. The van der Waals surface area contributed by atoms with Gasteiger partial charge in [0.2, 0.25) is 0 Å². The molecule has 0 aliphatic heterocycles. The predicted molar refractivity (Wildman–Crippen MR) is 131 cm³/mol. The molecule has 2 nitrogen and oxygen atoms in total. The summed E-state index contributed by atoms with van der Waals surface area (Å²) in [5.74, 6) is 1.76. The molecular weight excluding hydrogens is 444 g/mol. The smallest absolute Gasteiger partial charge is 0.118 e. The number of rotatable bonds is 8. The zero-order valence-electron chi connectivity index (χ0n) is 17.4. The van der Waals surface area contributed by atoms with Crippen LogP contribution in [-0.2, 0) is 12.8 Å². The summed E-state index contributed by atoms with van der Waals surface area (Å²) in [6.45, 7) is 0. The lowest BCUT2D eigenvalue weighted by Crippen LogP contribution is -1.89. The maximum absolute atomic E-state index is 6.07. The maximum atomic E-state index is 6.07. The van der Waals surface area contributed by atoms with Crippen molar-refractivity contribution >= 4 is 34.7 Å². The zero-order valence-corrected chi connectivity index (χ0v) is 19.8. The second-order valence-electron chi connectivity index (χ2n) is 7.13. The van der Waals surface area contributed by atoms with E-state index in [4.69, 9.17) is 21.1 Å². The van der Waals surface area contributed by atoms with Crippen LogP contribution in [0.15, 0.2) is 88.0 Å². The molecule has 4 aromatic rings. The molecule has 0 N–H and O–H groups in total. The van der Waals surface area contributed by atoms with Gasteiger partial charge in [-0.05, 0) is 77.7 Å². The van der Waals surface area contributed by atoms with Crippen LogP contribution in [0.2, 0.25) is 5.02 Å². The number of benzene rings is 3. The van der Waals surface area contributed by atoms with E-state index in [0.717, 1.165) is 29.4 Å². The highest BCUT2D eigenvalue weighted by Gasteiger charge is 2.13. The van der Waals surface area contributed by atoms with Gasteiger partial charge in [0.05, 0.1) is 18.4 Å². The van der Waals surface area contributed by atoms with Gasteiger partial charge in [-0.15, -0.1) is 11.3 Å². The van der Waals surface area contributed by atoms with E-state index in [1.165, 1.54) is 30.7 Å². The summed E-state index contributed by atoms with van der Waals surface area (Å²) < 4.78 is 11.9. The van der Waals surface area contributed by atoms with Crippen LogP contribution in [0.25, 0.3) is 0 Å². The van der Waals surface area contributed by atoms with Gasteiger partial charge in [-0.25, -0.2) is 0 Å². The van der Waals surface area contributed by atoms with Crippen molar-refractivity contribution in [2.75, 3.05) is 14.2 Å². The Morgan fingerprint density at radius 1 is 0.742 bits per heavy atom. The first-order chi connectivity index (χ1) is 15.1. The monoisotopic (exact) mass is 466 g/mol. The van der Waals surface area contributed by atoms with Crippen molar-refractivity contribution in [1.29, 1.82) is 0 Å². The van der Waals surface area contributed by atoms with Crippen molar-refractivity contribution in [2.24, 2.45) is 0 Å². The normalized spacial score (nSPS) is 10.8. The largest absolute Gasteiger partial charge is 0.497 e. The van der Waals surface area contributed by atoms with Crippen LogP contribution in [0.3, 0.4) is 0 Å². The van der Waals surface area contributed by atoms with Gasteiger partial charge in [-0.1, -0.05) is 47.6 Å². The Hall–Kier alpha value is -2.40. The van der Waals surface area contributed by atoms with E-state index in [1.807, 2.05) is 47.7 Å². The van der Waals surface area contributed by atoms with Crippen molar-refractivity contribution < 1.29 is 9.47 Å². The predicted octanol–water partition coefficient (Wildman–Crippen LogP) is 7.75. The number of thiophene rings is 1. The van der Waals surface area contributed by atoms with E-state index >= 15 is 0 Å². The van der Waals surface area contributed by atoms with E-state index < -0.39 is 0 Å². The molecule has 5 heteroatoms. The molecule has 0 aliphatic rings. The summed E-state index contributed by atoms with van der Waals surface area (Å²) in [6, 6.07) is 27.0. The summed E-state index contributed by atoms with van der Waals surface area (Å²) in [6.07, 6.45) is 1.80. The molecule has 0 atom stereocenters. The highest BCUT2D eigenvalue weighted by Crippen LogP contribution is 2.39. The summed E-state index contributed by atoms with van der Waals surface area (Å²) in [4.78, 5) is 2.54. The second-order valence-corrected chi connectivity index (χ2v) is 10.0. The van der Waals surface area contributed by atoms with Gasteiger partial charge >= 0.3 is 0 Å². The number of ether oxygens (including phenoxy) is 2. The van der Waals surface area contributed by atoms with Gasteiger partial charge in [0.25, 0.3) is 0 Å². The maximum Gasteiger partial charge on any atom is 0.118 e. The summed E-state index contributed by atoms with van der Waals surface area (Å²) in [5.41, 5.74) is 3.90. The average molecular weight is 467 g/mol. The molecule has 1 aromatic heterocycles. The topological polar surface area (TPSA) is 18.5 Å². The molecule has 1 heterocycles. The lowest BCUT2D eigenvalue weighted by Gasteiger charge is -2.06. The molecule has 0 amide bonds. The third kappa shape index (κ3) is 5.85. The number of hydrogen-bond donors (Lipinski definition) is 0. The van der Waals surface area contributed by atoms with Crippen LogP contribution in [0.1, 0.15) is 21.6 Å². The van der Waals surface area contributed by atoms with Gasteiger partial charge in [0, 0.05) is 21.2 Å². The van der Waals surface area contributed by atoms with Gasteiger partial charge in [-0.3, -0.25) is 0 Å².